The average molecular weight is 425 g/mol. The summed E-state index contributed by atoms with van der Waals surface area (Å²) in [6.45, 7) is 4.61. The SMILES string of the molecule is CCCC1(CNS(=O)(=O)c2cc(Br)c(C)cc2Br)CC1. The zero-order valence-corrected chi connectivity index (χ0v) is 15.7. The summed E-state index contributed by atoms with van der Waals surface area (Å²) < 4.78 is 29.0. The number of halogens is 2. The molecule has 3 nitrogen and oxygen atoms in total. The van der Waals surface area contributed by atoms with E-state index in [0.717, 1.165) is 35.7 Å². The molecule has 0 heterocycles. The van der Waals surface area contributed by atoms with E-state index in [9.17, 15) is 8.42 Å². The topological polar surface area (TPSA) is 46.2 Å². The second-order valence-corrected chi connectivity index (χ2v) is 9.05. The van der Waals surface area contributed by atoms with E-state index in [0.29, 0.717) is 15.9 Å². The molecule has 1 aliphatic rings. The first-order chi connectivity index (χ1) is 9.30. The first-order valence-electron chi connectivity index (χ1n) is 6.75. The molecule has 0 unspecified atom stereocenters. The molecule has 0 atom stereocenters. The normalized spacial score (nSPS) is 17.2. The lowest BCUT2D eigenvalue weighted by atomic mass is 10.0. The Morgan fingerprint density at radius 1 is 1.25 bits per heavy atom. The van der Waals surface area contributed by atoms with Crippen LogP contribution in [0.3, 0.4) is 0 Å². The van der Waals surface area contributed by atoms with Crippen LogP contribution < -0.4 is 4.72 Å². The number of hydrogen-bond donors (Lipinski definition) is 1. The van der Waals surface area contributed by atoms with Gasteiger partial charge in [-0.05, 0) is 65.2 Å². The van der Waals surface area contributed by atoms with Gasteiger partial charge in [0.1, 0.15) is 0 Å². The van der Waals surface area contributed by atoms with E-state index in [1.165, 1.54) is 0 Å². The van der Waals surface area contributed by atoms with Gasteiger partial charge in [-0.3, -0.25) is 0 Å². The zero-order chi connectivity index (χ0) is 15.0. The first-order valence-corrected chi connectivity index (χ1v) is 9.82. The van der Waals surface area contributed by atoms with Crippen LogP contribution >= 0.6 is 31.9 Å². The van der Waals surface area contributed by atoms with Gasteiger partial charge < -0.3 is 0 Å². The van der Waals surface area contributed by atoms with Crippen LogP contribution in [0.4, 0.5) is 0 Å². The van der Waals surface area contributed by atoms with Crippen molar-refractivity contribution in [3.8, 4) is 0 Å². The minimum atomic E-state index is -3.47. The number of hydrogen-bond acceptors (Lipinski definition) is 2. The molecule has 0 aliphatic heterocycles. The minimum Gasteiger partial charge on any atom is -0.211 e. The largest absolute Gasteiger partial charge is 0.241 e. The quantitative estimate of drug-likeness (QED) is 0.736. The molecule has 2 rings (SSSR count). The van der Waals surface area contributed by atoms with Gasteiger partial charge in [0.25, 0.3) is 0 Å². The van der Waals surface area contributed by atoms with Crippen LogP contribution in [0, 0.1) is 12.3 Å². The second-order valence-electron chi connectivity index (χ2n) is 5.61. The molecule has 1 aliphatic carbocycles. The Balaban J connectivity index is 2.17. The van der Waals surface area contributed by atoms with Crippen molar-refractivity contribution in [2.24, 2.45) is 5.41 Å². The van der Waals surface area contributed by atoms with Crippen molar-refractivity contribution in [3.63, 3.8) is 0 Å². The molecular formula is C14H19Br2NO2S. The Kier molecular flexibility index (Phi) is 4.99. The Morgan fingerprint density at radius 3 is 2.45 bits per heavy atom. The average Bonchev–Trinajstić information content (AvgIpc) is 3.12. The van der Waals surface area contributed by atoms with E-state index in [1.54, 1.807) is 6.07 Å². The highest BCUT2D eigenvalue weighted by molar-refractivity contribution is 9.11. The van der Waals surface area contributed by atoms with Gasteiger partial charge in [0.2, 0.25) is 10.0 Å². The molecule has 6 heteroatoms. The maximum absolute atomic E-state index is 12.4. The molecule has 20 heavy (non-hydrogen) atoms. The molecule has 0 saturated heterocycles. The number of aryl methyl sites for hydroxylation is 1. The van der Waals surface area contributed by atoms with Crippen molar-refractivity contribution in [1.29, 1.82) is 0 Å². The molecule has 0 amide bonds. The summed E-state index contributed by atoms with van der Waals surface area (Å²) >= 11 is 6.73. The Labute approximate surface area is 137 Å². The van der Waals surface area contributed by atoms with Crippen LogP contribution in [-0.2, 0) is 10.0 Å². The fourth-order valence-corrected chi connectivity index (χ4v) is 5.21. The molecule has 1 aromatic carbocycles. The van der Waals surface area contributed by atoms with Crippen LogP contribution in [0.2, 0.25) is 0 Å². The molecule has 1 saturated carbocycles. The van der Waals surface area contributed by atoms with Gasteiger partial charge in [-0.1, -0.05) is 29.3 Å². The van der Waals surface area contributed by atoms with E-state index in [-0.39, 0.29) is 5.41 Å². The predicted molar refractivity (Wildman–Crippen MR) is 88.3 cm³/mol. The monoisotopic (exact) mass is 423 g/mol. The minimum absolute atomic E-state index is 0.205. The van der Waals surface area contributed by atoms with E-state index in [1.807, 2.05) is 13.0 Å². The fraction of sp³-hybridized carbons (Fsp3) is 0.571. The van der Waals surface area contributed by atoms with Gasteiger partial charge in [0.15, 0.2) is 0 Å². The molecule has 1 fully saturated rings. The van der Waals surface area contributed by atoms with Crippen LogP contribution in [0.25, 0.3) is 0 Å². The van der Waals surface area contributed by atoms with Gasteiger partial charge in [-0.15, -0.1) is 0 Å². The molecule has 0 aromatic heterocycles. The van der Waals surface area contributed by atoms with Gasteiger partial charge in [0, 0.05) is 15.5 Å². The Bertz CT molecular complexity index is 610. The fourth-order valence-electron chi connectivity index (χ4n) is 2.38. The summed E-state index contributed by atoms with van der Waals surface area (Å²) in [7, 11) is -3.47. The van der Waals surface area contributed by atoms with Gasteiger partial charge in [0.05, 0.1) is 4.90 Å². The van der Waals surface area contributed by atoms with Crippen molar-refractivity contribution in [2.45, 2.75) is 44.4 Å². The van der Waals surface area contributed by atoms with E-state index in [2.05, 4.69) is 43.5 Å². The molecular weight excluding hydrogens is 406 g/mol. The van der Waals surface area contributed by atoms with Crippen molar-refractivity contribution < 1.29 is 8.42 Å². The van der Waals surface area contributed by atoms with E-state index >= 15 is 0 Å². The standard InChI is InChI=1S/C14H19Br2NO2S/c1-3-4-14(5-6-14)9-17-20(18,19)13-8-11(15)10(2)7-12(13)16/h7-8,17H,3-6,9H2,1-2H3. The van der Waals surface area contributed by atoms with Gasteiger partial charge >= 0.3 is 0 Å². The molecule has 112 valence electrons. The summed E-state index contributed by atoms with van der Waals surface area (Å²) in [6.07, 6.45) is 4.44. The smallest absolute Gasteiger partial charge is 0.211 e. The number of nitrogens with one attached hydrogen (secondary N) is 1. The third-order valence-electron chi connectivity index (χ3n) is 3.88. The van der Waals surface area contributed by atoms with Crippen molar-refractivity contribution in [1.82, 2.24) is 4.72 Å². The molecule has 0 bridgehead atoms. The van der Waals surface area contributed by atoms with Crippen LogP contribution in [0.5, 0.6) is 0 Å². The van der Waals surface area contributed by atoms with Crippen LogP contribution in [0.15, 0.2) is 26.0 Å². The Hall–Kier alpha value is 0.0900. The maximum atomic E-state index is 12.4. The number of rotatable bonds is 6. The summed E-state index contributed by atoms with van der Waals surface area (Å²) in [5.74, 6) is 0. The first kappa shape index (κ1) is 16.5. The van der Waals surface area contributed by atoms with Crippen LogP contribution in [0.1, 0.15) is 38.2 Å². The molecule has 1 N–H and O–H groups in total. The lowest BCUT2D eigenvalue weighted by molar-refractivity contribution is 0.449. The van der Waals surface area contributed by atoms with Crippen molar-refractivity contribution in [3.05, 3.63) is 26.6 Å². The summed E-state index contributed by atoms with van der Waals surface area (Å²) in [6, 6.07) is 3.47. The zero-order valence-electron chi connectivity index (χ0n) is 11.7. The number of benzene rings is 1. The highest BCUT2D eigenvalue weighted by Gasteiger charge is 2.42. The third kappa shape index (κ3) is 3.64. The lowest BCUT2D eigenvalue weighted by Crippen LogP contribution is -2.30. The van der Waals surface area contributed by atoms with E-state index in [4.69, 9.17) is 0 Å². The van der Waals surface area contributed by atoms with Gasteiger partial charge in [-0.25, -0.2) is 13.1 Å². The Morgan fingerprint density at radius 2 is 1.90 bits per heavy atom. The van der Waals surface area contributed by atoms with Crippen LogP contribution in [-0.4, -0.2) is 15.0 Å². The molecule has 1 aromatic rings. The third-order valence-corrected chi connectivity index (χ3v) is 7.09. The van der Waals surface area contributed by atoms with E-state index < -0.39 is 10.0 Å². The molecule has 0 radical (unpaired) electrons. The highest BCUT2D eigenvalue weighted by Crippen LogP contribution is 2.49. The predicted octanol–water partition coefficient (Wildman–Crippen LogP) is 4.38. The summed E-state index contributed by atoms with van der Waals surface area (Å²) in [4.78, 5) is 0.294. The van der Waals surface area contributed by atoms with Crippen molar-refractivity contribution in [2.75, 3.05) is 6.54 Å². The second kappa shape index (κ2) is 6.07. The van der Waals surface area contributed by atoms with Crippen molar-refractivity contribution >= 4 is 41.9 Å². The lowest BCUT2D eigenvalue weighted by Gasteiger charge is -2.16. The summed E-state index contributed by atoms with van der Waals surface area (Å²) in [5, 5.41) is 0. The number of sulfonamides is 1. The summed E-state index contributed by atoms with van der Waals surface area (Å²) in [5.41, 5.74) is 1.21. The van der Waals surface area contributed by atoms with Gasteiger partial charge in [-0.2, -0.15) is 0 Å². The maximum Gasteiger partial charge on any atom is 0.241 e. The highest BCUT2D eigenvalue weighted by atomic mass is 79.9. The molecule has 0 spiro atoms.